The fraction of sp³-hybridized carbons (Fsp3) is 0.385. The maximum Gasteiger partial charge on any atom is 0.293 e. The third kappa shape index (κ3) is 2.96. The van der Waals surface area contributed by atoms with Crippen LogP contribution in [0, 0.1) is 0 Å². The summed E-state index contributed by atoms with van der Waals surface area (Å²) < 4.78 is 1.54. The SMILES string of the molecule is CCN(CC)C(=O)c1nnnn1Cc1ccccc1. The standard InChI is InChI=1S/C13H17N5O/c1-3-17(4-2)13(19)12-14-15-16-18(12)10-11-8-6-5-7-9-11/h5-9H,3-4,10H2,1-2H3. The van der Waals surface area contributed by atoms with Gasteiger partial charge in [0.05, 0.1) is 6.54 Å². The number of carbonyl (C=O) groups is 1. The van der Waals surface area contributed by atoms with Crippen LogP contribution in [0.1, 0.15) is 30.0 Å². The van der Waals surface area contributed by atoms with Gasteiger partial charge in [0.15, 0.2) is 0 Å². The first-order valence-corrected chi connectivity index (χ1v) is 6.35. The summed E-state index contributed by atoms with van der Waals surface area (Å²) in [6.07, 6.45) is 0. The average Bonchev–Trinajstić information content (AvgIpc) is 2.89. The van der Waals surface area contributed by atoms with Crippen molar-refractivity contribution in [2.75, 3.05) is 13.1 Å². The second-order valence-electron chi connectivity index (χ2n) is 4.12. The average molecular weight is 259 g/mol. The first kappa shape index (κ1) is 13.2. The van der Waals surface area contributed by atoms with Crippen LogP contribution in [0.25, 0.3) is 0 Å². The molecule has 2 aromatic rings. The van der Waals surface area contributed by atoms with E-state index in [0.29, 0.717) is 19.6 Å². The number of hydrogen-bond acceptors (Lipinski definition) is 4. The van der Waals surface area contributed by atoms with Crippen molar-refractivity contribution in [3.63, 3.8) is 0 Å². The summed E-state index contributed by atoms with van der Waals surface area (Å²) in [5, 5.41) is 11.3. The summed E-state index contributed by atoms with van der Waals surface area (Å²) in [6.45, 7) is 5.66. The molecule has 1 aromatic heterocycles. The topological polar surface area (TPSA) is 63.9 Å². The van der Waals surface area contributed by atoms with Gasteiger partial charge < -0.3 is 4.90 Å². The molecule has 0 fully saturated rings. The molecular formula is C13H17N5O. The van der Waals surface area contributed by atoms with Crippen LogP contribution < -0.4 is 0 Å². The zero-order chi connectivity index (χ0) is 13.7. The van der Waals surface area contributed by atoms with Crippen molar-refractivity contribution in [2.24, 2.45) is 0 Å². The number of carbonyl (C=O) groups excluding carboxylic acids is 1. The highest BCUT2D eigenvalue weighted by Gasteiger charge is 2.20. The predicted octanol–water partition coefficient (Wildman–Crippen LogP) is 1.20. The molecule has 1 heterocycles. The summed E-state index contributed by atoms with van der Waals surface area (Å²) in [4.78, 5) is 13.9. The van der Waals surface area contributed by atoms with E-state index in [4.69, 9.17) is 0 Å². The van der Waals surface area contributed by atoms with Gasteiger partial charge in [-0.25, -0.2) is 4.68 Å². The summed E-state index contributed by atoms with van der Waals surface area (Å²) in [5.74, 6) is 0.151. The second-order valence-corrected chi connectivity index (χ2v) is 4.12. The number of nitrogens with zero attached hydrogens (tertiary/aromatic N) is 5. The molecule has 1 amide bonds. The first-order chi connectivity index (χ1) is 9.26. The highest BCUT2D eigenvalue weighted by atomic mass is 16.2. The maximum atomic E-state index is 12.2. The zero-order valence-corrected chi connectivity index (χ0v) is 11.2. The maximum absolute atomic E-state index is 12.2. The van der Waals surface area contributed by atoms with E-state index in [1.165, 1.54) is 4.68 Å². The Kier molecular flexibility index (Phi) is 4.22. The van der Waals surface area contributed by atoms with Crippen molar-refractivity contribution in [2.45, 2.75) is 20.4 Å². The van der Waals surface area contributed by atoms with Crippen LogP contribution in [0.3, 0.4) is 0 Å². The summed E-state index contributed by atoms with van der Waals surface area (Å²) in [5.41, 5.74) is 1.06. The van der Waals surface area contributed by atoms with Crippen LogP contribution >= 0.6 is 0 Å². The molecule has 100 valence electrons. The highest BCUT2D eigenvalue weighted by molar-refractivity contribution is 5.90. The minimum atomic E-state index is -0.133. The molecule has 0 aliphatic rings. The summed E-state index contributed by atoms with van der Waals surface area (Å²) >= 11 is 0. The Balaban J connectivity index is 2.20. The Bertz CT molecular complexity index is 533. The minimum Gasteiger partial charge on any atom is -0.336 e. The van der Waals surface area contributed by atoms with Crippen LogP contribution in [-0.4, -0.2) is 44.1 Å². The van der Waals surface area contributed by atoms with Gasteiger partial charge >= 0.3 is 0 Å². The molecule has 0 saturated heterocycles. The van der Waals surface area contributed by atoms with Gasteiger partial charge in [-0.1, -0.05) is 30.3 Å². The molecule has 0 aliphatic heterocycles. The van der Waals surface area contributed by atoms with Gasteiger partial charge in [-0.05, 0) is 29.8 Å². The van der Waals surface area contributed by atoms with Crippen LogP contribution in [-0.2, 0) is 6.54 Å². The molecule has 0 atom stereocenters. The molecule has 6 heteroatoms. The van der Waals surface area contributed by atoms with E-state index in [9.17, 15) is 4.79 Å². The molecule has 0 bridgehead atoms. The molecule has 0 radical (unpaired) electrons. The molecule has 1 aromatic carbocycles. The van der Waals surface area contributed by atoms with Gasteiger partial charge in [-0.15, -0.1) is 5.10 Å². The first-order valence-electron chi connectivity index (χ1n) is 6.35. The Hall–Kier alpha value is -2.24. The predicted molar refractivity (Wildman–Crippen MR) is 70.6 cm³/mol. The lowest BCUT2D eigenvalue weighted by atomic mass is 10.2. The van der Waals surface area contributed by atoms with E-state index in [-0.39, 0.29) is 11.7 Å². The number of aromatic nitrogens is 4. The van der Waals surface area contributed by atoms with Crippen LogP contribution in [0.5, 0.6) is 0 Å². The van der Waals surface area contributed by atoms with E-state index in [1.807, 2.05) is 44.2 Å². The molecule has 19 heavy (non-hydrogen) atoms. The van der Waals surface area contributed by atoms with Crippen molar-refractivity contribution in [3.8, 4) is 0 Å². The third-order valence-electron chi connectivity index (χ3n) is 2.95. The fourth-order valence-corrected chi connectivity index (χ4v) is 1.87. The Morgan fingerprint density at radius 3 is 2.53 bits per heavy atom. The smallest absolute Gasteiger partial charge is 0.293 e. The van der Waals surface area contributed by atoms with E-state index in [0.717, 1.165) is 5.56 Å². The molecular weight excluding hydrogens is 242 g/mol. The number of hydrogen-bond donors (Lipinski definition) is 0. The van der Waals surface area contributed by atoms with Crippen LogP contribution in [0.2, 0.25) is 0 Å². The molecule has 6 nitrogen and oxygen atoms in total. The van der Waals surface area contributed by atoms with Crippen molar-refractivity contribution in [1.29, 1.82) is 0 Å². The lowest BCUT2D eigenvalue weighted by Crippen LogP contribution is -2.33. The molecule has 0 unspecified atom stereocenters. The van der Waals surface area contributed by atoms with Gasteiger partial charge in [-0.3, -0.25) is 4.79 Å². The van der Waals surface area contributed by atoms with Crippen molar-refractivity contribution in [3.05, 3.63) is 41.7 Å². The van der Waals surface area contributed by atoms with Gasteiger partial charge in [0.2, 0.25) is 5.82 Å². The number of tetrazole rings is 1. The van der Waals surface area contributed by atoms with Crippen molar-refractivity contribution in [1.82, 2.24) is 25.1 Å². The lowest BCUT2D eigenvalue weighted by molar-refractivity contribution is 0.0754. The van der Waals surface area contributed by atoms with E-state index in [1.54, 1.807) is 4.90 Å². The quantitative estimate of drug-likeness (QED) is 0.809. The number of amides is 1. The summed E-state index contributed by atoms with van der Waals surface area (Å²) in [6, 6.07) is 9.81. The van der Waals surface area contributed by atoms with Crippen molar-refractivity contribution < 1.29 is 4.79 Å². The second kappa shape index (κ2) is 6.08. The Morgan fingerprint density at radius 2 is 1.89 bits per heavy atom. The number of benzene rings is 1. The van der Waals surface area contributed by atoms with E-state index in [2.05, 4.69) is 15.5 Å². The lowest BCUT2D eigenvalue weighted by Gasteiger charge is -2.17. The summed E-state index contributed by atoms with van der Waals surface area (Å²) in [7, 11) is 0. The Labute approximate surface area is 112 Å². The largest absolute Gasteiger partial charge is 0.336 e. The monoisotopic (exact) mass is 259 g/mol. The van der Waals surface area contributed by atoms with E-state index >= 15 is 0 Å². The normalized spacial score (nSPS) is 10.4. The van der Waals surface area contributed by atoms with Gasteiger partial charge in [-0.2, -0.15) is 0 Å². The van der Waals surface area contributed by atoms with Crippen LogP contribution in [0.4, 0.5) is 0 Å². The fourth-order valence-electron chi connectivity index (χ4n) is 1.87. The number of rotatable bonds is 5. The highest BCUT2D eigenvalue weighted by Crippen LogP contribution is 2.05. The molecule has 2 rings (SSSR count). The molecule has 0 N–H and O–H groups in total. The molecule has 0 spiro atoms. The van der Waals surface area contributed by atoms with Gasteiger partial charge in [0, 0.05) is 13.1 Å². The van der Waals surface area contributed by atoms with Gasteiger partial charge in [0.25, 0.3) is 5.91 Å². The Morgan fingerprint density at radius 1 is 1.21 bits per heavy atom. The van der Waals surface area contributed by atoms with Crippen LogP contribution in [0.15, 0.2) is 30.3 Å². The molecule has 0 aliphatic carbocycles. The van der Waals surface area contributed by atoms with Gasteiger partial charge in [0.1, 0.15) is 0 Å². The van der Waals surface area contributed by atoms with E-state index < -0.39 is 0 Å². The van der Waals surface area contributed by atoms with Crippen molar-refractivity contribution >= 4 is 5.91 Å². The third-order valence-corrected chi connectivity index (χ3v) is 2.95. The molecule has 0 saturated carbocycles. The zero-order valence-electron chi connectivity index (χ0n) is 11.2. The minimum absolute atomic E-state index is 0.133.